The van der Waals surface area contributed by atoms with Crippen molar-refractivity contribution in [1.82, 2.24) is 10.3 Å². The fraction of sp³-hybridized carbons (Fsp3) is 0.222. The molecule has 0 bridgehead atoms. The van der Waals surface area contributed by atoms with Crippen molar-refractivity contribution in [2.45, 2.75) is 19.9 Å². The highest BCUT2D eigenvalue weighted by Gasteiger charge is 2.05. The lowest BCUT2D eigenvalue weighted by atomic mass is 10.1. The van der Waals surface area contributed by atoms with Gasteiger partial charge in [-0.1, -0.05) is 42.5 Å². The molecule has 2 rings (SSSR count). The molecule has 0 atom stereocenters. The van der Waals surface area contributed by atoms with E-state index in [0.29, 0.717) is 0 Å². The van der Waals surface area contributed by atoms with Gasteiger partial charge in [0.1, 0.15) is 0 Å². The van der Waals surface area contributed by atoms with Crippen LogP contribution in [0.5, 0.6) is 0 Å². The van der Waals surface area contributed by atoms with Crippen molar-refractivity contribution in [2.75, 3.05) is 6.54 Å². The van der Waals surface area contributed by atoms with Gasteiger partial charge in [0.15, 0.2) is 0 Å². The number of aromatic nitrogens is 1. The highest BCUT2D eigenvalue weighted by atomic mass is 35.5. The zero-order valence-corrected chi connectivity index (χ0v) is 13.1. The van der Waals surface area contributed by atoms with E-state index < -0.39 is 0 Å². The van der Waals surface area contributed by atoms with Crippen LogP contribution in [0.1, 0.15) is 23.2 Å². The zero-order chi connectivity index (χ0) is 15.1. The van der Waals surface area contributed by atoms with E-state index in [0.717, 1.165) is 24.5 Å². The predicted octanol–water partition coefficient (Wildman–Crippen LogP) is 4.73. The summed E-state index contributed by atoms with van der Waals surface area (Å²) in [4.78, 5) is 3.30. The lowest BCUT2D eigenvalue weighted by Crippen LogP contribution is -2.15. The first-order valence-electron chi connectivity index (χ1n) is 7.12. The first-order valence-corrected chi connectivity index (χ1v) is 7.49. The van der Waals surface area contributed by atoms with Gasteiger partial charge in [-0.3, -0.25) is 0 Å². The third-order valence-electron chi connectivity index (χ3n) is 3.41. The Labute approximate surface area is 131 Å². The van der Waals surface area contributed by atoms with Gasteiger partial charge in [-0.15, -0.1) is 0 Å². The minimum Gasteiger partial charge on any atom is -0.361 e. The molecule has 1 heterocycles. The smallest absolute Gasteiger partial charge is 0.0443 e. The van der Waals surface area contributed by atoms with E-state index >= 15 is 0 Å². The van der Waals surface area contributed by atoms with Crippen LogP contribution >= 0.6 is 11.6 Å². The number of allylic oxidation sites excluding steroid dienone is 2. The quantitative estimate of drug-likeness (QED) is 0.562. The number of rotatable bonds is 7. The molecule has 3 heteroatoms. The molecule has 21 heavy (non-hydrogen) atoms. The van der Waals surface area contributed by atoms with Crippen LogP contribution in [0.25, 0.3) is 5.57 Å². The first-order chi connectivity index (χ1) is 10.2. The Morgan fingerprint density at radius 1 is 1.29 bits per heavy atom. The van der Waals surface area contributed by atoms with E-state index in [1.54, 1.807) is 0 Å². The van der Waals surface area contributed by atoms with Gasteiger partial charge in [0.25, 0.3) is 0 Å². The largest absolute Gasteiger partial charge is 0.361 e. The maximum Gasteiger partial charge on any atom is 0.0443 e. The van der Waals surface area contributed by atoms with Crippen molar-refractivity contribution in [2.24, 2.45) is 0 Å². The maximum atomic E-state index is 5.88. The predicted molar refractivity (Wildman–Crippen MR) is 91.5 cm³/mol. The summed E-state index contributed by atoms with van der Waals surface area (Å²) in [7, 11) is 0. The van der Waals surface area contributed by atoms with E-state index in [1.165, 1.54) is 22.4 Å². The van der Waals surface area contributed by atoms with Crippen LogP contribution < -0.4 is 5.32 Å². The summed E-state index contributed by atoms with van der Waals surface area (Å²) < 4.78 is 0. The average Bonchev–Trinajstić information content (AvgIpc) is 2.90. The van der Waals surface area contributed by atoms with Crippen LogP contribution in [0.15, 0.2) is 55.3 Å². The molecule has 1 aromatic heterocycles. The molecule has 0 fully saturated rings. The Bertz CT molecular complexity index is 608. The summed E-state index contributed by atoms with van der Waals surface area (Å²) >= 11 is 5.88. The molecule has 2 nitrogen and oxygen atoms in total. The van der Waals surface area contributed by atoms with Gasteiger partial charge in [0.05, 0.1) is 0 Å². The van der Waals surface area contributed by atoms with Crippen molar-refractivity contribution in [3.05, 3.63) is 77.1 Å². The number of benzene rings is 1. The minimum atomic E-state index is 0.775. The van der Waals surface area contributed by atoms with E-state index in [9.17, 15) is 0 Å². The Morgan fingerprint density at radius 3 is 2.67 bits per heavy atom. The van der Waals surface area contributed by atoms with Crippen molar-refractivity contribution >= 4 is 17.2 Å². The minimum absolute atomic E-state index is 0.775. The standard InChI is InChI=1S/C18H21ClN2/c1-3-4-16(18-14(2)9-12-21-18)10-11-20-13-15-5-7-17(19)8-6-15/h3-9,12,20-21H,1,10-11,13H2,2H3/b16-4-. The zero-order valence-electron chi connectivity index (χ0n) is 12.3. The van der Waals surface area contributed by atoms with E-state index in [2.05, 4.69) is 35.9 Å². The molecular formula is C18H21ClN2. The number of nitrogens with one attached hydrogen (secondary N) is 2. The van der Waals surface area contributed by atoms with E-state index in [4.69, 9.17) is 11.6 Å². The molecule has 1 aromatic carbocycles. The third kappa shape index (κ3) is 4.62. The molecule has 2 N–H and O–H groups in total. The molecule has 0 saturated carbocycles. The summed E-state index contributed by atoms with van der Waals surface area (Å²) in [5, 5.41) is 4.23. The lowest BCUT2D eigenvalue weighted by Gasteiger charge is -2.09. The van der Waals surface area contributed by atoms with Crippen LogP contribution in [-0.4, -0.2) is 11.5 Å². The summed E-state index contributed by atoms with van der Waals surface area (Å²) in [6.45, 7) is 7.68. The van der Waals surface area contributed by atoms with Gasteiger partial charge in [0.2, 0.25) is 0 Å². The number of halogens is 1. The SMILES string of the molecule is C=C/C=C(/CCNCc1ccc(Cl)cc1)c1[nH]ccc1C. The number of aromatic amines is 1. The Balaban J connectivity index is 1.86. The van der Waals surface area contributed by atoms with Crippen molar-refractivity contribution in [3.63, 3.8) is 0 Å². The third-order valence-corrected chi connectivity index (χ3v) is 3.66. The molecular weight excluding hydrogens is 280 g/mol. The molecule has 0 amide bonds. The second-order valence-electron chi connectivity index (χ2n) is 5.02. The fourth-order valence-electron chi connectivity index (χ4n) is 2.29. The molecule has 0 unspecified atom stereocenters. The second kappa shape index (κ2) is 7.87. The summed E-state index contributed by atoms with van der Waals surface area (Å²) in [6.07, 6.45) is 6.85. The van der Waals surface area contributed by atoms with Crippen LogP contribution in [0.2, 0.25) is 5.02 Å². The van der Waals surface area contributed by atoms with Crippen LogP contribution in [-0.2, 0) is 6.54 Å². The van der Waals surface area contributed by atoms with Gasteiger partial charge in [-0.25, -0.2) is 0 Å². The first kappa shape index (κ1) is 15.6. The highest BCUT2D eigenvalue weighted by molar-refractivity contribution is 6.30. The molecule has 110 valence electrons. The normalized spacial score (nSPS) is 11.6. The van der Waals surface area contributed by atoms with Gasteiger partial charge in [-0.05, 0) is 54.8 Å². The van der Waals surface area contributed by atoms with Gasteiger partial charge in [0, 0.05) is 23.5 Å². The van der Waals surface area contributed by atoms with Crippen LogP contribution in [0, 0.1) is 6.92 Å². The molecule has 2 aromatic rings. The molecule has 0 spiro atoms. The lowest BCUT2D eigenvalue weighted by molar-refractivity contribution is 0.699. The van der Waals surface area contributed by atoms with E-state index in [1.807, 2.05) is 36.5 Å². The number of aryl methyl sites for hydroxylation is 1. The van der Waals surface area contributed by atoms with Crippen molar-refractivity contribution in [1.29, 1.82) is 0 Å². The monoisotopic (exact) mass is 300 g/mol. The van der Waals surface area contributed by atoms with E-state index in [-0.39, 0.29) is 0 Å². The van der Waals surface area contributed by atoms with Gasteiger partial charge >= 0.3 is 0 Å². The summed E-state index contributed by atoms with van der Waals surface area (Å²) in [5.74, 6) is 0. The van der Waals surface area contributed by atoms with Crippen LogP contribution in [0.4, 0.5) is 0 Å². The Hall–Kier alpha value is -1.77. The number of H-pyrrole nitrogens is 1. The fourth-order valence-corrected chi connectivity index (χ4v) is 2.41. The van der Waals surface area contributed by atoms with Crippen molar-refractivity contribution in [3.8, 4) is 0 Å². The number of hydrogen-bond acceptors (Lipinski definition) is 1. The highest BCUT2D eigenvalue weighted by Crippen LogP contribution is 2.20. The Morgan fingerprint density at radius 2 is 2.05 bits per heavy atom. The molecule has 0 saturated heterocycles. The van der Waals surface area contributed by atoms with Crippen molar-refractivity contribution < 1.29 is 0 Å². The molecule has 0 aliphatic heterocycles. The summed E-state index contributed by atoms with van der Waals surface area (Å²) in [5.41, 5.74) is 4.98. The topological polar surface area (TPSA) is 27.8 Å². The average molecular weight is 301 g/mol. The Kier molecular flexibility index (Phi) is 5.85. The number of hydrogen-bond donors (Lipinski definition) is 2. The molecule has 0 aliphatic rings. The van der Waals surface area contributed by atoms with Gasteiger partial charge in [-0.2, -0.15) is 0 Å². The van der Waals surface area contributed by atoms with Crippen LogP contribution in [0.3, 0.4) is 0 Å². The summed E-state index contributed by atoms with van der Waals surface area (Å²) in [6, 6.07) is 10.0. The van der Waals surface area contributed by atoms with Gasteiger partial charge < -0.3 is 10.3 Å². The molecule has 0 radical (unpaired) electrons. The molecule has 0 aliphatic carbocycles. The maximum absolute atomic E-state index is 5.88. The second-order valence-corrected chi connectivity index (χ2v) is 5.45.